The molecule has 1 amide bonds. The van der Waals surface area contributed by atoms with Gasteiger partial charge in [0.25, 0.3) is 0 Å². The summed E-state index contributed by atoms with van der Waals surface area (Å²) >= 11 is 0. The minimum Gasteiger partial charge on any atom is -0.378 e. The van der Waals surface area contributed by atoms with Crippen LogP contribution in [0.3, 0.4) is 0 Å². The second-order valence-electron chi connectivity index (χ2n) is 6.30. The van der Waals surface area contributed by atoms with Gasteiger partial charge in [0.2, 0.25) is 5.91 Å². The number of carbonyl (C=O) groups excluding carboxylic acids is 1. The van der Waals surface area contributed by atoms with E-state index in [2.05, 4.69) is 5.32 Å². The summed E-state index contributed by atoms with van der Waals surface area (Å²) in [6, 6.07) is 12.6. The lowest BCUT2D eigenvalue weighted by atomic mass is 9.91. The second-order valence-corrected chi connectivity index (χ2v) is 6.30. The molecule has 0 spiro atoms. The number of nitrogens with one attached hydrogen (secondary N) is 1. The zero-order valence-electron chi connectivity index (χ0n) is 14.0. The normalized spacial score (nSPS) is 20.1. The van der Waals surface area contributed by atoms with E-state index in [1.165, 1.54) is 19.1 Å². The Morgan fingerprint density at radius 3 is 2.36 bits per heavy atom. The third-order valence-corrected chi connectivity index (χ3v) is 4.48. The van der Waals surface area contributed by atoms with Gasteiger partial charge in [-0.05, 0) is 49.2 Å². The highest BCUT2D eigenvalue weighted by Crippen LogP contribution is 2.39. The van der Waals surface area contributed by atoms with E-state index in [9.17, 15) is 18.0 Å². The van der Waals surface area contributed by atoms with Crippen molar-refractivity contribution in [2.45, 2.75) is 38.5 Å². The van der Waals surface area contributed by atoms with E-state index >= 15 is 0 Å². The van der Waals surface area contributed by atoms with Gasteiger partial charge in [0.05, 0.1) is 11.6 Å². The first-order valence-corrected chi connectivity index (χ1v) is 8.10. The second kappa shape index (κ2) is 6.43. The number of halogens is 3. The molecule has 0 unspecified atom stereocenters. The van der Waals surface area contributed by atoms with Crippen molar-refractivity contribution in [3.8, 4) is 0 Å². The van der Waals surface area contributed by atoms with Gasteiger partial charge in [0.15, 0.2) is 0 Å². The number of carbonyl (C=O) groups is 1. The Morgan fingerprint density at radius 2 is 1.76 bits per heavy atom. The summed E-state index contributed by atoms with van der Waals surface area (Å²) in [6.45, 7) is 3.51. The van der Waals surface area contributed by atoms with Crippen LogP contribution in [0.15, 0.2) is 48.5 Å². The maximum atomic E-state index is 12.7. The molecule has 0 saturated carbocycles. The van der Waals surface area contributed by atoms with Gasteiger partial charge >= 0.3 is 6.18 Å². The molecule has 1 N–H and O–H groups in total. The van der Waals surface area contributed by atoms with E-state index in [4.69, 9.17) is 0 Å². The molecule has 0 fully saturated rings. The van der Waals surface area contributed by atoms with Crippen molar-refractivity contribution in [2.24, 2.45) is 0 Å². The molecular formula is C19H19F3N2O. The quantitative estimate of drug-likeness (QED) is 0.828. The summed E-state index contributed by atoms with van der Waals surface area (Å²) in [5.74, 6) is -0.0204. The van der Waals surface area contributed by atoms with Gasteiger partial charge in [-0.25, -0.2) is 0 Å². The highest BCUT2D eigenvalue weighted by molar-refractivity contribution is 5.93. The van der Waals surface area contributed by atoms with Crippen molar-refractivity contribution in [3.05, 3.63) is 59.7 Å². The van der Waals surface area contributed by atoms with E-state index < -0.39 is 11.7 Å². The first kappa shape index (κ1) is 17.3. The van der Waals surface area contributed by atoms with Gasteiger partial charge in [-0.15, -0.1) is 0 Å². The van der Waals surface area contributed by atoms with Crippen LogP contribution in [0.25, 0.3) is 0 Å². The molecule has 132 valence electrons. The van der Waals surface area contributed by atoms with Crippen LogP contribution in [0.5, 0.6) is 0 Å². The third-order valence-electron chi connectivity index (χ3n) is 4.48. The lowest BCUT2D eigenvalue weighted by molar-refractivity contribution is -0.137. The number of anilines is 2. The summed E-state index contributed by atoms with van der Waals surface area (Å²) in [4.78, 5) is 13.7. The molecule has 2 aromatic rings. The topological polar surface area (TPSA) is 32.3 Å². The fourth-order valence-electron chi connectivity index (χ4n) is 3.39. The Bertz CT molecular complexity index is 771. The van der Waals surface area contributed by atoms with Crippen molar-refractivity contribution >= 4 is 17.3 Å². The van der Waals surface area contributed by atoms with Crippen molar-refractivity contribution in [2.75, 3.05) is 10.2 Å². The van der Waals surface area contributed by atoms with Gasteiger partial charge < -0.3 is 10.2 Å². The first-order valence-electron chi connectivity index (χ1n) is 8.10. The Morgan fingerprint density at radius 1 is 1.12 bits per heavy atom. The molecule has 25 heavy (non-hydrogen) atoms. The van der Waals surface area contributed by atoms with E-state index in [0.29, 0.717) is 12.1 Å². The van der Waals surface area contributed by atoms with Crippen LogP contribution in [0.2, 0.25) is 0 Å². The molecule has 3 nitrogen and oxygen atoms in total. The Hall–Kier alpha value is -2.50. The smallest absolute Gasteiger partial charge is 0.378 e. The Balaban J connectivity index is 1.88. The first-order chi connectivity index (χ1) is 11.8. The molecule has 0 radical (unpaired) electrons. The number of fused-ring (bicyclic) bond motifs is 1. The summed E-state index contributed by atoms with van der Waals surface area (Å²) in [6.07, 6.45) is -3.66. The Kier molecular flexibility index (Phi) is 4.45. The molecule has 0 aromatic heterocycles. The van der Waals surface area contributed by atoms with Crippen LogP contribution in [0.4, 0.5) is 24.5 Å². The molecule has 1 aliphatic rings. The number of para-hydroxylation sites is 1. The van der Waals surface area contributed by atoms with Crippen LogP contribution in [-0.4, -0.2) is 11.9 Å². The molecular weight excluding hydrogens is 329 g/mol. The van der Waals surface area contributed by atoms with Gasteiger partial charge in [0.1, 0.15) is 0 Å². The number of hydrogen-bond acceptors (Lipinski definition) is 2. The Labute approximate surface area is 144 Å². The van der Waals surface area contributed by atoms with Crippen LogP contribution in [0, 0.1) is 0 Å². The SMILES string of the molecule is CC(=O)N1c2ccccc2[C@@H](Nc2ccc(C(F)(F)F)cc2)C[C@H]1C. The number of amides is 1. The number of benzene rings is 2. The van der Waals surface area contributed by atoms with Crippen molar-refractivity contribution in [1.29, 1.82) is 0 Å². The molecule has 2 aromatic carbocycles. The van der Waals surface area contributed by atoms with Crippen LogP contribution in [0.1, 0.15) is 37.4 Å². The van der Waals surface area contributed by atoms with Gasteiger partial charge in [-0.3, -0.25) is 4.79 Å². The predicted octanol–water partition coefficient (Wildman–Crippen LogP) is 5.00. The van der Waals surface area contributed by atoms with Gasteiger partial charge in [-0.2, -0.15) is 13.2 Å². The lowest BCUT2D eigenvalue weighted by Crippen LogP contribution is -2.43. The molecule has 6 heteroatoms. The van der Waals surface area contributed by atoms with E-state index in [-0.39, 0.29) is 18.0 Å². The fraction of sp³-hybridized carbons (Fsp3) is 0.316. The number of hydrogen-bond donors (Lipinski definition) is 1. The number of nitrogens with zero attached hydrogens (tertiary/aromatic N) is 1. The summed E-state index contributed by atoms with van der Waals surface area (Å²) < 4.78 is 38.1. The van der Waals surface area contributed by atoms with E-state index in [1.54, 1.807) is 4.90 Å². The monoisotopic (exact) mass is 348 g/mol. The van der Waals surface area contributed by atoms with Crippen molar-refractivity contribution in [3.63, 3.8) is 0 Å². The summed E-state index contributed by atoms with van der Waals surface area (Å²) in [5.41, 5.74) is 1.77. The largest absolute Gasteiger partial charge is 0.416 e. The fourth-order valence-corrected chi connectivity index (χ4v) is 3.39. The maximum Gasteiger partial charge on any atom is 0.416 e. The minimum absolute atomic E-state index is 0.000603. The third kappa shape index (κ3) is 3.48. The molecule has 0 aliphatic carbocycles. The average molecular weight is 348 g/mol. The summed E-state index contributed by atoms with van der Waals surface area (Å²) in [5, 5.41) is 3.30. The standard InChI is InChI=1S/C19H19F3N2O/c1-12-11-17(16-5-3-4-6-18(16)24(12)13(2)25)23-15-9-7-14(8-10-15)19(20,21)22/h3-10,12,17,23H,11H2,1-2H3/t12-,17+/m1/s1. The molecule has 1 heterocycles. The maximum absolute atomic E-state index is 12.7. The van der Waals surface area contributed by atoms with E-state index in [1.807, 2.05) is 31.2 Å². The van der Waals surface area contributed by atoms with E-state index in [0.717, 1.165) is 23.4 Å². The molecule has 3 rings (SSSR count). The lowest BCUT2D eigenvalue weighted by Gasteiger charge is -2.39. The summed E-state index contributed by atoms with van der Waals surface area (Å²) in [7, 11) is 0. The van der Waals surface area contributed by atoms with Crippen molar-refractivity contribution in [1.82, 2.24) is 0 Å². The average Bonchev–Trinajstić information content (AvgIpc) is 2.54. The molecule has 0 bridgehead atoms. The minimum atomic E-state index is -4.34. The van der Waals surface area contributed by atoms with Crippen molar-refractivity contribution < 1.29 is 18.0 Å². The van der Waals surface area contributed by atoms with Crippen LogP contribution in [-0.2, 0) is 11.0 Å². The highest BCUT2D eigenvalue weighted by Gasteiger charge is 2.33. The van der Waals surface area contributed by atoms with Gasteiger partial charge in [-0.1, -0.05) is 18.2 Å². The zero-order chi connectivity index (χ0) is 18.2. The highest BCUT2D eigenvalue weighted by atomic mass is 19.4. The molecule has 0 saturated heterocycles. The van der Waals surface area contributed by atoms with Gasteiger partial charge in [0, 0.05) is 24.3 Å². The molecule has 2 atom stereocenters. The van der Waals surface area contributed by atoms with Crippen LogP contribution < -0.4 is 10.2 Å². The predicted molar refractivity (Wildman–Crippen MR) is 91.5 cm³/mol. The molecule has 1 aliphatic heterocycles. The number of rotatable bonds is 2. The zero-order valence-corrected chi connectivity index (χ0v) is 14.0. The van der Waals surface area contributed by atoms with Crippen LogP contribution >= 0.6 is 0 Å². The number of alkyl halides is 3.